The number of alkyl halides is 3. The monoisotopic (exact) mass is 428 g/mol. The lowest BCUT2D eigenvalue weighted by Crippen LogP contribution is -2.57. The molecule has 0 radical (unpaired) electrons. The Balaban J connectivity index is 1.93. The SMILES string of the molecule is N=C(N1CCN(C(=O)C[C@H](N)Cc2cc(F)c(F)cc2F)CC1S)C(F)(F)F. The van der Waals surface area contributed by atoms with Crippen LogP contribution in [0.3, 0.4) is 0 Å². The molecule has 2 rings (SSSR count). The molecule has 1 heterocycles. The van der Waals surface area contributed by atoms with E-state index in [1.807, 2.05) is 0 Å². The molecule has 5 nitrogen and oxygen atoms in total. The van der Waals surface area contributed by atoms with Crippen LogP contribution in [0.5, 0.6) is 0 Å². The average Bonchev–Trinajstić information content (AvgIpc) is 2.58. The van der Waals surface area contributed by atoms with Crippen molar-refractivity contribution < 1.29 is 31.1 Å². The Labute approximate surface area is 162 Å². The largest absolute Gasteiger partial charge is 0.448 e. The third kappa shape index (κ3) is 5.31. The van der Waals surface area contributed by atoms with Crippen molar-refractivity contribution in [1.82, 2.24) is 9.80 Å². The van der Waals surface area contributed by atoms with E-state index in [-0.39, 0.29) is 38.0 Å². The molecule has 0 aliphatic carbocycles. The number of carbonyl (C=O) groups is 1. The fourth-order valence-corrected chi connectivity index (χ4v) is 3.27. The highest BCUT2D eigenvalue weighted by Gasteiger charge is 2.42. The van der Waals surface area contributed by atoms with Crippen molar-refractivity contribution in [2.45, 2.75) is 30.4 Å². The van der Waals surface area contributed by atoms with E-state index in [2.05, 4.69) is 12.6 Å². The van der Waals surface area contributed by atoms with Crippen LogP contribution in [0.1, 0.15) is 12.0 Å². The topological polar surface area (TPSA) is 73.4 Å². The Morgan fingerprint density at radius 3 is 2.39 bits per heavy atom. The summed E-state index contributed by atoms with van der Waals surface area (Å²) in [6.07, 6.45) is -5.31. The van der Waals surface area contributed by atoms with Gasteiger partial charge < -0.3 is 15.5 Å². The summed E-state index contributed by atoms with van der Waals surface area (Å²) in [6, 6.07) is 0.150. The zero-order valence-corrected chi connectivity index (χ0v) is 15.3. The Morgan fingerprint density at radius 1 is 1.21 bits per heavy atom. The molecular weight excluding hydrogens is 410 g/mol. The maximum atomic E-state index is 13.7. The highest BCUT2D eigenvalue weighted by atomic mass is 32.1. The summed E-state index contributed by atoms with van der Waals surface area (Å²) in [5.41, 5.74) is 5.61. The number of amides is 1. The van der Waals surface area contributed by atoms with Crippen LogP contribution < -0.4 is 5.73 Å². The van der Waals surface area contributed by atoms with Gasteiger partial charge >= 0.3 is 6.18 Å². The minimum Gasteiger partial charge on any atom is -0.338 e. The highest BCUT2D eigenvalue weighted by Crippen LogP contribution is 2.24. The predicted octanol–water partition coefficient (Wildman–Crippen LogP) is 2.30. The zero-order valence-electron chi connectivity index (χ0n) is 14.4. The molecule has 0 spiro atoms. The standard InChI is InChI=1S/C16H18F6N4OS/c17-10-6-12(19)11(18)4-8(10)3-9(23)5-13(27)25-1-2-26(14(28)7-25)15(24)16(20,21)22/h4,6,9,14,24,28H,1-3,5,7,23H2/t9-,14?/m1/s1. The van der Waals surface area contributed by atoms with E-state index in [1.165, 1.54) is 4.90 Å². The molecule has 0 bridgehead atoms. The molecule has 1 aliphatic rings. The molecule has 0 aromatic heterocycles. The first-order valence-corrected chi connectivity index (χ1v) is 8.69. The third-order valence-electron chi connectivity index (χ3n) is 4.27. The zero-order chi connectivity index (χ0) is 21.2. The molecule has 1 amide bonds. The molecule has 12 heteroatoms. The Hall–Kier alpha value is -1.95. The molecule has 1 aromatic carbocycles. The van der Waals surface area contributed by atoms with Crippen LogP contribution in [0.2, 0.25) is 0 Å². The van der Waals surface area contributed by atoms with Crippen molar-refractivity contribution in [2.75, 3.05) is 19.6 Å². The van der Waals surface area contributed by atoms with Gasteiger partial charge in [0.1, 0.15) is 5.82 Å². The van der Waals surface area contributed by atoms with E-state index < -0.39 is 46.8 Å². The van der Waals surface area contributed by atoms with E-state index in [1.54, 1.807) is 0 Å². The molecule has 1 unspecified atom stereocenters. The molecule has 2 atom stereocenters. The van der Waals surface area contributed by atoms with Gasteiger partial charge in [-0.15, -0.1) is 0 Å². The van der Waals surface area contributed by atoms with Crippen molar-refractivity contribution in [2.24, 2.45) is 5.73 Å². The lowest BCUT2D eigenvalue weighted by molar-refractivity contribution is -0.133. The van der Waals surface area contributed by atoms with E-state index >= 15 is 0 Å². The number of nitrogens with zero attached hydrogens (tertiary/aromatic N) is 2. The summed E-state index contributed by atoms with van der Waals surface area (Å²) in [7, 11) is 0. The molecule has 1 saturated heterocycles. The number of hydrogen-bond donors (Lipinski definition) is 3. The molecule has 3 N–H and O–H groups in total. The van der Waals surface area contributed by atoms with Gasteiger partial charge in [0.2, 0.25) is 11.7 Å². The van der Waals surface area contributed by atoms with Crippen molar-refractivity contribution in [1.29, 1.82) is 5.41 Å². The summed E-state index contributed by atoms with van der Waals surface area (Å²) in [4.78, 5) is 14.3. The van der Waals surface area contributed by atoms with Gasteiger partial charge in [-0.25, -0.2) is 13.2 Å². The normalized spacial score (nSPS) is 18.9. The lowest BCUT2D eigenvalue weighted by Gasteiger charge is -2.40. The summed E-state index contributed by atoms with van der Waals surface area (Å²) < 4.78 is 77.8. The number of hydrogen-bond acceptors (Lipinski definition) is 4. The molecule has 1 aliphatic heterocycles. The highest BCUT2D eigenvalue weighted by molar-refractivity contribution is 7.80. The number of piperazine rings is 1. The first kappa shape index (κ1) is 22.3. The lowest BCUT2D eigenvalue weighted by atomic mass is 10.0. The van der Waals surface area contributed by atoms with Crippen LogP contribution >= 0.6 is 12.6 Å². The number of benzene rings is 1. The van der Waals surface area contributed by atoms with E-state index in [0.29, 0.717) is 12.1 Å². The van der Waals surface area contributed by atoms with Gasteiger partial charge in [0.05, 0.1) is 11.9 Å². The summed E-state index contributed by atoms with van der Waals surface area (Å²) in [5, 5.41) is 6.14. The number of nitrogens with two attached hydrogens (primary N) is 1. The molecule has 0 saturated carbocycles. The summed E-state index contributed by atoms with van der Waals surface area (Å²) >= 11 is 4.02. The number of amidine groups is 1. The van der Waals surface area contributed by atoms with Gasteiger partial charge in [-0.1, -0.05) is 0 Å². The second-order valence-electron chi connectivity index (χ2n) is 6.39. The molecule has 28 heavy (non-hydrogen) atoms. The van der Waals surface area contributed by atoms with Crippen molar-refractivity contribution in [3.8, 4) is 0 Å². The van der Waals surface area contributed by atoms with Gasteiger partial charge in [-0.05, 0) is 18.1 Å². The Kier molecular flexibility index (Phi) is 6.86. The van der Waals surface area contributed by atoms with Gasteiger partial charge in [-0.2, -0.15) is 25.8 Å². The van der Waals surface area contributed by atoms with Gasteiger partial charge in [0.25, 0.3) is 0 Å². The first-order chi connectivity index (χ1) is 12.9. The molecular formula is C16H18F6N4OS. The number of nitrogens with one attached hydrogen (secondary N) is 1. The smallest absolute Gasteiger partial charge is 0.338 e. The predicted molar refractivity (Wildman–Crippen MR) is 92.5 cm³/mol. The number of carbonyl (C=O) groups excluding carboxylic acids is 1. The molecule has 1 aromatic rings. The van der Waals surface area contributed by atoms with Crippen LogP contribution in [0.4, 0.5) is 26.3 Å². The summed E-state index contributed by atoms with van der Waals surface area (Å²) in [5.74, 6) is -5.60. The minimum atomic E-state index is -4.82. The number of thiol groups is 1. The van der Waals surface area contributed by atoms with E-state index in [0.717, 1.165) is 4.90 Å². The summed E-state index contributed by atoms with van der Waals surface area (Å²) in [6.45, 7) is -0.460. The average molecular weight is 428 g/mol. The fourth-order valence-electron chi connectivity index (χ4n) is 2.84. The fraction of sp³-hybridized carbons (Fsp3) is 0.500. The Morgan fingerprint density at radius 2 is 1.82 bits per heavy atom. The van der Waals surface area contributed by atoms with Gasteiger partial charge in [0.15, 0.2) is 11.6 Å². The van der Waals surface area contributed by atoms with Crippen LogP contribution in [-0.2, 0) is 11.2 Å². The number of halogens is 6. The van der Waals surface area contributed by atoms with Crippen LogP contribution in [0.15, 0.2) is 12.1 Å². The van der Waals surface area contributed by atoms with E-state index in [9.17, 15) is 31.1 Å². The van der Waals surface area contributed by atoms with Crippen molar-refractivity contribution in [3.05, 3.63) is 35.1 Å². The maximum Gasteiger partial charge on any atom is 0.448 e. The first-order valence-electron chi connectivity index (χ1n) is 8.17. The molecule has 1 fully saturated rings. The minimum absolute atomic E-state index is 0.0688. The van der Waals surface area contributed by atoms with E-state index in [4.69, 9.17) is 11.1 Å². The molecule has 156 valence electrons. The van der Waals surface area contributed by atoms with Crippen LogP contribution in [-0.4, -0.2) is 58.8 Å². The van der Waals surface area contributed by atoms with Crippen molar-refractivity contribution in [3.63, 3.8) is 0 Å². The maximum absolute atomic E-state index is 13.7. The quantitative estimate of drug-likeness (QED) is 0.227. The third-order valence-corrected chi connectivity index (χ3v) is 4.71. The van der Waals surface area contributed by atoms with Crippen LogP contribution in [0.25, 0.3) is 0 Å². The van der Waals surface area contributed by atoms with Gasteiger partial charge in [0, 0.05) is 31.6 Å². The second kappa shape index (κ2) is 8.60. The Bertz CT molecular complexity index is 759. The van der Waals surface area contributed by atoms with Gasteiger partial charge in [-0.3, -0.25) is 10.2 Å². The van der Waals surface area contributed by atoms with Crippen LogP contribution in [0, 0.1) is 22.9 Å². The second-order valence-corrected chi connectivity index (χ2v) is 6.98. The van der Waals surface area contributed by atoms with Crippen molar-refractivity contribution >= 4 is 24.4 Å². The number of rotatable bonds is 4.